The SMILES string of the molecule is C=CC(=O)N(CCN(CCc1ccc(O)c2[nH]c(=O)sc12)C(=O)O)C1CCCCC1. The number of carboxylic acid groups (broad SMARTS) is 1. The summed E-state index contributed by atoms with van der Waals surface area (Å²) in [5.74, 6) is -0.169. The van der Waals surface area contributed by atoms with Crippen molar-refractivity contribution in [2.24, 2.45) is 0 Å². The minimum atomic E-state index is -1.05. The first kappa shape index (κ1) is 21.9. The molecule has 0 atom stereocenters. The van der Waals surface area contributed by atoms with E-state index in [4.69, 9.17) is 0 Å². The van der Waals surface area contributed by atoms with E-state index in [9.17, 15) is 24.6 Å². The van der Waals surface area contributed by atoms with Crippen molar-refractivity contribution < 1.29 is 19.8 Å². The summed E-state index contributed by atoms with van der Waals surface area (Å²) in [4.78, 5) is 41.2. The molecule has 30 heavy (non-hydrogen) atoms. The van der Waals surface area contributed by atoms with E-state index < -0.39 is 6.09 Å². The standard InChI is InChI=1S/C21H27N3O5S/c1-2-17(26)24(15-6-4-3-5-7-15)13-12-23(21(28)29)11-10-14-8-9-16(25)18-19(14)30-20(27)22-18/h2,8-9,15,25H,1,3-7,10-13H2,(H,22,27)(H,28,29). The largest absolute Gasteiger partial charge is 0.506 e. The average Bonchev–Trinajstić information content (AvgIpc) is 3.14. The van der Waals surface area contributed by atoms with Gasteiger partial charge in [-0.15, -0.1) is 0 Å². The van der Waals surface area contributed by atoms with E-state index in [1.807, 2.05) is 0 Å². The first-order chi connectivity index (χ1) is 14.4. The first-order valence-corrected chi connectivity index (χ1v) is 11.0. The minimum Gasteiger partial charge on any atom is -0.506 e. The van der Waals surface area contributed by atoms with Crippen molar-refractivity contribution in [2.75, 3.05) is 19.6 Å². The van der Waals surface area contributed by atoms with Crippen LogP contribution in [0.1, 0.15) is 37.7 Å². The Morgan fingerprint density at radius 3 is 2.60 bits per heavy atom. The number of phenols is 1. The van der Waals surface area contributed by atoms with Gasteiger partial charge in [0.1, 0.15) is 11.3 Å². The number of phenolic OH excluding ortho intramolecular Hbond substituents is 1. The molecule has 0 unspecified atom stereocenters. The summed E-state index contributed by atoms with van der Waals surface area (Å²) in [6.45, 7) is 4.34. The number of rotatable bonds is 8. The fourth-order valence-corrected chi connectivity index (χ4v) is 4.94. The predicted molar refractivity (Wildman–Crippen MR) is 116 cm³/mol. The normalized spacial score (nSPS) is 14.5. The fraction of sp³-hybridized carbons (Fsp3) is 0.476. The molecule has 0 bridgehead atoms. The summed E-state index contributed by atoms with van der Waals surface area (Å²) in [5, 5.41) is 19.5. The second-order valence-electron chi connectivity index (χ2n) is 7.51. The lowest BCUT2D eigenvalue weighted by Gasteiger charge is -2.35. The van der Waals surface area contributed by atoms with Crippen molar-refractivity contribution in [3.05, 3.63) is 40.0 Å². The third-order valence-electron chi connectivity index (χ3n) is 5.64. The Morgan fingerprint density at radius 1 is 1.20 bits per heavy atom. The topological polar surface area (TPSA) is 114 Å². The lowest BCUT2D eigenvalue weighted by Crippen LogP contribution is -2.46. The van der Waals surface area contributed by atoms with Crippen LogP contribution in [-0.2, 0) is 11.2 Å². The number of aromatic amines is 1. The Kier molecular flexibility index (Phi) is 7.15. The van der Waals surface area contributed by atoms with Gasteiger partial charge in [0, 0.05) is 25.7 Å². The highest BCUT2D eigenvalue weighted by Crippen LogP contribution is 2.28. The zero-order chi connectivity index (χ0) is 21.7. The van der Waals surface area contributed by atoms with Gasteiger partial charge in [0.15, 0.2) is 0 Å². The highest BCUT2D eigenvalue weighted by Gasteiger charge is 2.25. The van der Waals surface area contributed by atoms with Gasteiger partial charge >= 0.3 is 11.0 Å². The van der Waals surface area contributed by atoms with Crippen LogP contribution in [0, 0.1) is 0 Å². The van der Waals surface area contributed by atoms with Crippen molar-refractivity contribution in [2.45, 2.75) is 44.6 Å². The molecule has 1 aromatic carbocycles. The van der Waals surface area contributed by atoms with Crippen molar-refractivity contribution in [1.82, 2.24) is 14.8 Å². The minimum absolute atomic E-state index is 0.00625. The monoisotopic (exact) mass is 433 g/mol. The van der Waals surface area contributed by atoms with Crippen molar-refractivity contribution >= 4 is 33.6 Å². The number of benzene rings is 1. The van der Waals surface area contributed by atoms with Crippen LogP contribution >= 0.6 is 11.3 Å². The molecule has 8 nitrogen and oxygen atoms in total. The maximum atomic E-state index is 12.3. The molecule has 1 saturated carbocycles. The van der Waals surface area contributed by atoms with Gasteiger partial charge in [0.2, 0.25) is 5.91 Å². The molecular formula is C21H27N3O5S. The predicted octanol–water partition coefficient (Wildman–Crippen LogP) is 3.17. The average molecular weight is 434 g/mol. The molecule has 0 radical (unpaired) electrons. The summed E-state index contributed by atoms with van der Waals surface area (Å²) >= 11 is 0.996. The third kappa shape index (κ3) is 5.02. The summed E-state index contributed by atoms with van der Waals surface area (Å²) in [7, 11) is 0. The maximum Gasteiger partial charge on any atom is 0.407 e. The van der Waals surface area contributed by atoms with Crippen LogP contribution in [0.25, 0.3) is 10.2 Å². The lowest BCUT2D eigenvalue weighted by atomic mass is 9.94. The highest BCUT2D eigenvalue weighted by atomic mass is 32.1. The first-order valence-electron chi connectivity index (χ1n) is 10.1. The molecule has 162 valence electrons. The molecular weight excluding hydrogens is 406 g/mol. The van der Waals surface area contributed by atoms with Gasteiger partial charge in [-0.3, -0.25) is 9.59 Å². The maximum absolute atomic E-state index is 12.3. The van der Waals surface area contributed by atoms with E-state index in [2.05, 4.69) is 11.6 Å². The molecule has 0 saturated heterocycles. The van der Waals surface area contributed by atoms with Crippen LogP contribution in [0.15, 0.2) is 29.6 Å². The number of nitrogens with zero attached hydrogens (tertiary/aromatic N) is 2. The van der Waals surface area contributed by atoms with Crippen LogP contribution in [0.5, 0.6) is 5.75 Å². The second kappa shape index (κ2) is 9.80. The number of fused-ring (bicyclic) bond motifs is 1. The number of H-pyrrole nitrogens is 1. The quantitative estimate of drug-likeness (QED) is 0.553. The Morgan fingerprint density at radius 2 is 1.93 bits per heavy atom. The number of carbonyl (C=O) groups is 2. The molecule has 0 spiro atoms. The third-order valence-corrected chi connectivity index (χ3v) is 6.60. The summed E-state index contributed by atoms with van der Waals surface area (Å²) < 4.78 is 0.635. The van der Waals surface area contributed by atoms with E-state index in [1.54, 1.807) is 11.0 Å². The van der Waals surface area contributed by atoms with E-state index in [1.165, 1.54) is 23.5 Å². The molecule has 0 aliphatic heterocycles. The molecule has 2 aromatic rings. The van der Waals surface area contributed by atoms with E-state index >= 15 is 0 Å². The Bertz CT molecular complexity index is 977. The van der Waals surface area contributed by atoms with E-state index in [0.29, 0.717) is 23.2 Å². The van der Waals surface area contributed by atoms with E-state index in [0.717, 1.165) is 42.6 Å². The van der Waals surface area contributed by atoms with Crippen molar-refractivity contribution in [3.8, 4) is 5.75 Å². The fourth-order valence-electron chi connectivity index (χ4n) is 4.04. The van der Waals surface area contributed by atoms with Gasteiger partial charge in [-0.1, -0.05) is 43.2 Å². The molecule has 3 rings (SSSR count). The highest BCUT2D eigenvalue weighted by molar-refractivity contribution is 7.16. The smallest absolute Gasteiger partial charge is 0.407 e. The van der Waals surface area contributed by atoms with Gasteiger partial charge < -0.3 is 25.0 Å². The number of aromatic hydroxyl groups is 1. The van der Waals surface area contributed by atoms with Gasteiger partial charge in [-0.25, -0.2) is 4.79 Å². The Hall–Kier alpha value is -2.81. The van der Waals surface area contributed by atoms with Crippen LogP contribution < -0.4 is 4.87 Å². The molecule has 3 N–H and O–H groups in total. The van der Waals surface area contributed by atoms with Crippen LogP contribution in [0.2, 0.25) is 0 Å². The zero-order valence-electron chi connectivity index (χ0n) is 16.8. The Balaban J connectivity index is 1.68. The zero-order valence-corrected chi connectivity index (χ0v) is 17.6. The van der Waals surface area contributed by atoms with E-state index in [-0.39, 0.29) is 35.7 Å². The summed E-state index contributed by atoms with van der Waals surface area (Å²) in [5.41, 5.74) is 1.17. The van der Waals surface area contributed by atoms with Crippen LogP contribution in [0.4, 0.5) is 4.79 Å². The number of amides is 2. The van der Waals surface area contributed by atoms with Gasteiger partial charge in [0.05, 0.1) is 4.70 Å². The number of hydrogen-bond acceptors (Lipinski definition) is 5. The Labute approximate surface area is 178 Å². The van der Waals surface area contributed by atoms with Gasteiger partial charge in [-0.2, -0.15) is 0 Å². The summed E-state index contributed by atoms with van der Waals surface area (Å²) in [6.07, 6.45) is 5.82. The molecule has 1 aliphatic carbocycles. The molecule has 1 aromatic heterocycles. The molecule has 1 fully saturated rings. The van der Waals surface area contributed by atoms with Gasteiger partial charge in [-0.05, 0) is 37.0 Å². The van der Waals surface area contributed by atoms with Gasteiger partial charge in [0.25, 0.3) is 0 Å². The number of aromatic nitrogens is 1. The number of hydrogen-bond donors (Lipinski definition) is 3. The molecule has 9 heteroatoms. The molecule has 1 heterocycles. The summed E-state index contributed by atoms with van der Waals surface area (Å²) in [6, 6.07) is 3.34. The lowest BCUT2D eigenvalue weighted by molar-refractivity contribution is -0.129. The molecule has 2 amide bonds. The van der Waals surface area contributed by atoms with Crippen molar-refractivity contribution in [3.63, 3.8) is 0 Å². The second-order valence-corrected chi connectivity index (χ2v) is 8.49. The number of thiazole rings is 1. The van der Waals surface area contributed by atoms with Crippen LogP contribution in [0.3, 0.4) is 0 Å². The number of nitrogens with one attached hydrogen (secondary N) is 1. The van der Waals surface area contributed by atoms with Crippen molar-refractivity contribution in [1.29, 1.82) is 0 Å². The number of carbonyl (C=O) groups excluding carboxylic acids is 1. The van der Waals surface area contributed by atoms with Crippen LogP contribution in [-0.4, -0.2) is 62.7 Å². The molecule has 1 aliphatic rings.